The van der Waals surface area contributed by atoms with Crippen LogP contribution in [-0.4, -0.2) is 25.7 Å². The summed E-state index contributed by atoms with van der Waals surface area (Å²) in [7, 11) is 3.34. The second kappa shape index (κ2) is 5.12. The lowest BCUT2D eigenvalue weighted by molar-refractivity contribution is 0.0600. The number of esters is 1. The maximum Gasteiger partial charge on any atom is 0.337 e. The standard InChI is InChI=1S/C13H19NO2/c1-13(2,14-3)9-10-5-7-11(8-6-10)12(15)16-4/h5-8,14H,9H2,1-4H3. The third kappa shape index (κ3) is 3.35. The Morgan fingerprint density at radius 3 is 2.31 bits per heavy atom. The molecule has 88 valence electrons. The summed E-state index contributed by atoms with van der Waals surface area (Å²) >= 11 is 0. The van der Waals surface area contributed by atoms with Gasteiger partial charge >= 0.3 is 5.97 Å². The van der Waals surface area contributed by atoms with Crippen molar-refractivity contribution < 1.29 is 9.53 Å². The van der Waals surface area contributed by atoms with E-state index in [0.29, 0.717) is 5.56 Å². The van der Waals surface area contributed by atoms with E-state index in [0.717, 1.165) is 6.42 Å². The topological polar surface area (TPSA) is 38.3 Å². The van der Waals surface area contributed by atoms with Crippen LogP contribution in [0.1, 0.15) is 29.8 Å². The molecule has 0 aliphatic rings. The molecule has 0 aromatic heterocycles. The maximum atomic E-state index is 11.2. The van der Waals surface area contributed by atoms with E-state index in [1.165, 1.54) is 12.7 Å². The number of carbonyl (C=O) groups excluding carboxylic acids is 1. The molecule has 0 saturated heterocycles. The molecule has 0 amide bonds. The van der Waals surface area contributed by atoms with Gasteiger partial charge in [-0.3, -0.25) is 0 Å². The first kappa shape index (κ1) is 12.7. The molecule has 0 fully saturated rings. The van der Waals surface area contributed by atoms with Gasteiger partial charge in [0.15, 0.2) is 0 Å². The zero-order valence-corrected chi connectivity index (χ0v) is 10.3. The molecule has 16 heavy (non-hydrogen) atoms. The van der Waals surface area contributed by atoms with Crippen LogP contribution in [0.3, 0.4) is 0 Å². The monoisotopic (exact) mass is 221 g/mol. The quantitative estimate of drug-likeness (QED) is 0.790. The van der Waals surface area contributed by atoms with E-state index in [4.69, 9.17) is 0 Å². The molecule has 0 saturated carbocycles. The lowest BCUT2D eigenvalue weighted by Gasteiger charge is -2.24. The highest BCUT2D eigenvalue weighted by atomic mass is 16.5. The zero-order chi connectivity index (χ0) is 12.2. The molecule has 0 atom stereocenters. The normalized spacial score (nSPS) is 11.2. The lowest BCUT2D eigenvalue weighted by atomic mass is 9.95. The Labute approximate surface area is 96.8 Å². The summed E-state index contributed by atoms with van der Waals surface area (Å²) in [6.07, 6.45) is 0.922. The minimum atomic E-state index is -0.292. The predicted molar refractivity (Wildman–Crippen MR) is 64.6 cm³/mol. The second-order valence-electron chi connectivity index (χ2n) is 4.50. The molecule has 0 heterocycles. The van der Waals surface area contributed by atoms with E-state index in [2.05, 4.69) is 23.9 Å². The fourth-order valence-corrected chi connectivity index (χ4v) is 1.48. The third-order valence-corrected chi connectivity index (χ3v) is 2.70. The number of ether oxygens (including phenoxy) is 1. The van der Waals surface area contributed by atoms with Crippen LogP contribution in [0.2, 0.25) is 0 Å². The van der Waals surface area contributed by atoms with Crippen molar-refractivity contribution in [2.75, 3.05) is 14.2 Å². The molecule has 0 radical (unpaired) electrons. The number of hydrogen-bond acceptors (Lipinski definition) is 3. The van der Waals surface area contributed by atoms with Crippen molar-refractivity contribution in [2.45, 2.75) is 25.8 Å². The number of methoxy groups -OCH3 is 1. The van der Waals surface area contributed by atoms with E-state index >= 15 is 0 Å². The molecule has 0 unspecified atom stereocenters. The molecular formula is C13H19NO2. The number of likely N-dealkylation sites (N-methyl/N-ethyl adjacent to an activating group) is 1. The highest BCUT2D eigenvalue weighted by Gasteiger charge is 2.15. The summed E-state index contributed by atoms with van der Waals surface area (Å²) in [5.41, 5.74) is 1.85. The van der Waals surface area contributed by atoms with Crippen molar-refractivity contribution in [2.24, 2.45) is 0 Å². The van der Waals surface area contributed by atoms with Gasteiger partial charge in [-0.25, -0.2) is 4.79 Å². The third-order valence-electron chi connectivity index (χ3n) is 2.70. The van der Waals surface area contributed by atoms with Crippen molar-refractivity contribution in [3.8, 4) is 0 Å². The van der Waals surface area contributed by atoms with Gasteiger partial charge in [0.1, 0.15) is 0 Å². The summed E-state index contributed by atoms with van der Waals surface area (Å²) in [6.45, 7) is 4.28. The van der Waals surface area contributed by atoms with Crippen LogP contribution in [-0.2, 0) is 11.2 Å². The average Bonchev–Trinajstić information content (AvgIpc) is 2.28. The summed E-state index contributed by atoms with van der Waals surface area (Å²) in [4.78, 5) is 11.2. The molecule has 0 aliphatic carbocycles. The van der Waals surface area contributed by atoms with E-state index in [1.807, 2.05) is 19.2 Å². The lowest BCUT2D eigenvalue weighted by Crippen LogP contribution is -2.38. The van der Waals surface area contributed by atoms with Gasteiger partial charge in [0.25, 0.3) is 0 Å². The minimum absolute atomic E-state index is 0.0623. The van der Waals surface area contributed by atoms with E-state index in [9.17, 15) is 4.79 Å². The first-order chi connectivity index (χ1) is 7.48. The smallest absolute Gasteiger partial charge is 0.337 e. The molecule has 1 aromatic carbocycles. The molecule has 0 bridgehead atoms. The highest BCUT2D eigenvalue weighted by molar-refractivity contribution is 5.89. The molecule has 3 nitrogen and oxygen atoms in total. The minimum Gasteiger partial charge on any atom is -0.465 e. The molecule has 1 aromatic rings. The van der Waals surface area contributed by atoms with Gasteiger partial charge < -0.3 is 10.1 Å². The van der Waals surface area contributed by atoms with Gasteiger partial charge in [-0.15, -0.1) is 0 Å². The van der Waals surface area contributed by atoms with Crippen molar-refractivity contribution in [1.82, 2.24) is 5.32 Å². The van der Waals surface area contributed by atoms with E-state index < -0.39 is 0 Å². The van der Waals surface area contributed by atoms with Crippen LogP contribution >= 0.6 is 0 Å². The largest absolute Gasteiger partial charge is 0.465 e. The van der Waals surface area contributed by atoms with Crippen LogP contribution in [0.15, 0.2) is 24.3 Å². The van der Waals surface area contributed by atoms with Crippen LogP contribution in [0, 0.1) is 0 Å². The van der Waals surface area contributed by atoms with Crippen LogP contribution in [0.25, 0.3) is 0 Å². The van der Waals surface area contributed by atoms with Crippen molar-refractivity contribution in [3.05, 3.63) is 35.4 Å². The number of nitrogens with one attached hydrogen (secondary N) is 1. The first-order valence-electron chi connectivity index (χ1n) is 5.34. The van der Waals surface area contributed by atoms with E-state index in [-0.39, 0.29) is 11.5 Å². The van der Waals surface area contributed by atoms with Gasteiger partial charge in [-0.2, -0.15) is 0 Å². The second-order valence-corrected chi connectivity index (χ2v) is 4.50. The van der Waals surface area contributed by atoms with E-state index in [1.54, 1.807) is 12.1 Å². The Hall–Kier alpha value is -1.35. The Kier molecular flexibility index (Phi) is 4.07. The molecule has 1 rings (SSSR count). The van der Waals surface area contributed by atoms with Crippen LogP contribution in [0.4, 0.5) is 0 Å². The predicted octanol–water partition coefficient (Wildman–Crippen LogP) is 2.01. The molecule has 0 aliphatic heterocycles. The molecule has 0 spiro atoms. The van der Waals surface area contributed by atoms with Gasteiger partial charge in [0.2, 0.25) is 0 Å². The molecule has 1 N–H and O–H groups in total. The van der Waals surface area contributed by atoms with Crippen LogP contribution in [0.5, 0.6) is 0 Å². The Morgan fingerprint density at radius 2 is 1.88 bits per heavy atom. The highest BCUT2D eigenvalue weighted by Crippen LogP contribution is 2.13. The van der Waals surface area contributed by atoms with Gasteiger partial charge in [0, 0.05) is 5.54 Å². The fraction of sp³-hybridized carbons (Fsp3) is 0.462. The van der Waals surface area contributed by atoms with Gasteiger partial charge in [-0.1, -0.05) is 12.1 Å². The number of benzene rings is 1. The van der Waals surface area contributed by atoms with Crippen molar-refractivity contribution in [3.63, 3.8) is 0 Å². The number of hydrogen-bond donors (Lipinski definition) is 1. The number of rotatable bonds is 4. The summed E-state index contributed by atoms with van der Waals surface area (Å²) in [5.74, 6) is -0.292. The average molecular weight is 221 g/mol. The molecule has 3 heteroatoms. The Bertz CT molecular complexity index is 355. The van der Waals surface area contributed by atoms with Gasteiger partial charge in [-0.05, 0) is 45.0 Å². The molecular weight excluding hydrogens is 202 g/mol. The Morgan fingerprint density at radius 1 is 1.31 bits per heavy atom. The number of carbonyl (C=O) groups is 1. The summed E-state index contributed by atoms with van der Waals surface area (Å²) in [6, 6.07) is 7.52. The van der Waals surface area contributed by atoms with Crippen molar-refractivity contribution >= 4 is 5.97 Å². The SMILES string of the molecule is CNC(C)(C)Cc1ccc(C(=O)OC)cc1. The summed E-state index contributed by atoms with van der Waals surface area (Å²) in [5, 5.41) is 3.25. The Balaban J connectivity index is 2.76. The fourth-order valence-electron chi connectivity index (χ4n) is 1.48. The zero-order valence-electron chi connectivity index (χ0n) is 10.3. The maximum absolute atomic E-state index is 11.2. The van der Waals surface area contributed by atoms with Crippen molar-refractivity contribution in [1.29, 1.82) is 0 Å². The van der Waals surface area contributed by atoms with Crippen LogP contribution < -0.4 is 5.32 Å². The first-order valence-corrected chi connectivity index (χ1v) is 5.34. The van der Waals surface area contributed by atoms with Gasteiger partial charge in [0.05, 0.1) is 12.7 Å². The summed E-state index contributed by atoms with van der Waals surface area (Å²) < 4.78 is 4.65.